The second kappa shape index (κ2) is 10.2. The van der Waals surface area contributed by atoms with Gasteiger partial charge in [-0.2, -0.15) is 0 Å². The lowest BCUT2D eigenvalue weighted by atomic mass is 9.81. The number of nitrogens with zero attached hydrogens (tertiary/aromatic N) is 1. The average Bonchev–Trinajstić information content (AvgIpc) is 3.30. The third kappa shape index (κ3) is 5.63. The Morgan fingerprint density at radius 3 is 2.48 bits per heavy atom. The van der Waals surface area contributed by atoms with Crippen LogP contribution in [-0.4, -0.2) is 22.4 Å². The minimum absolute atomic E-state index is 0.0574. The van der Waals surface area contributed by atoms with E-state index < -0.39 is 0 Å². The summed E-state index contributed by atoms with van der Waals surface area (Å²) >= 11 is 3.47. The number of nitrogens with two attached hydrogens (primary N) is 1. The van der Waals surface area contributed by atoms with Crippen molar-refractivity contribution < 1.29 is 4.79 Å². The molecule has 0 bridgehead atoms. The van der Waals surface area contributed by atoms with Crippen molar-refractivity contribution in [2.75, 3.05) is 6.54 Å². The fourth-order valence-corrected chi connectivity index (χ4v) is 4.56. The number of imidazole rings is 1. The fraction of sp³-hybridized carbons (Fsp3) is 0.360. The molecule has 1 aliphatic rings. The first-order chi connectivity index (χ1) is 15.1. The topological polar surface area (TPSA) is 83.8 Å². The minimum Gasteiger partial charge on any atom is -0.346 e. The quantitative estimate of drug-likeness (QED) is 0.444. The van der Waals surface area contributed by atoms with Gasteiger partial charge in [0.15, 0.2) is 0 Å². The van der Waals surface area contributed by atoms with Gasteiger partial charge in [0.25, 0.3) is 0 Å². The minimum atomic E-state index is -0.202. The van der Waals surface area contributed by atoms with Gasteiger partial charge in [0, 0.05) is 22.2 Å². The fourth-order valence-electron chi connectivity index (χ4n) is 4.30. The number of aromatic amines is 1. The maximum Gasteiger partial charge on any atom is 0.223 e. The van der Waals surface area contributed by atoms with E-state index in [0.29, 0.717) is 12.3 Å². The molecule has 6 heteroatoms. The number of rotatable bonds is 7. The van der Waals surface area contributed by atoms with E-state index in [-0.39, 0.29) is 17.9 Å². The van der Waals surface area contributed by atoms with Crippen molar-refractivity contribution in [2.45, 2.75) is 38.1 Å². The van der Waals surface area contributed by atoms with E-state index in [9.17, 15) is 4.79 Å². The molecule has 1 fully saturated rings. The molecule has 1 aromatic heterocycles. The lowest BCUT2D eigenvalue weighted by Gasteiger charge is -2.28. The third-order valence-electron chi connectivity index (χ3n) is 6.22. The zero-order valence-corrected chi connectivity index (χ0v) is 19.1. The highest BCUT2D eigenvalue weighted by molar-refractivity contribution is 9.10. The van der Waals surface area contributed by atoms with Crippen LogP contribution in [0.4, 0.5) is 0 Å². The molecule has 2 aromatic carbocycles. The lowest BCUT2D eigenvalue weighted by molar-refractivity contribution is -0.127. The molecule has 0 aliphatic heterocycles. The molecule has 1 aliphatic carbocycles. The molecule has 1 atom stereocenters. The second-order valence-corrected chi connectivity index (χ2v) is 9.30. The van der Waals surface area contributed by atoms with Gasteiger partial charge in [-0.1, -0.05) is 58.4 Å². The number of amides is 1. The summed E-state index contributed by atoms with van der Waals surface area (Å²) in [6, 6.07) is 18.1. The monoisotopic (exact) mass is 480 g/mol. The maximum atomic E-state index is 13.1. The normalized spacial score (nSPS) is 19.7. The molecule has 1 unspecified atom stereocenters. The van der Waals surface area contributed by atoms with Crippen LogP contribution >= 0.6 is 15.9 Å². The van der Waals surface area contributed by atoms with Gasteiger partial charge in [-0.05, 0) is 62.3 Å². The average molecular weight is 481 g/mol. The summed E-state index contributed by atoms with van der Waals surface area (Å²) < 4.78 is 1.03. The van der Waals surface area contributed by atoms with Crippen molar-refractivity contribution in [3.63, 3.8) is 0 Å². The van der Waals surface area contributed by atoms with Gasteiger partial charge in [0.05, 0.1) is 11.7 Å². The van der Waals surface area contributed by atoms with E-state index >= 15 is 0 Å². The maximum absolute atomic E-state index is 13.1. The van der Waals surface area contributed by atoms with Crippen LogP contribution in [0.2, 0.25) is 0 Å². The Bertz CT molecular complexity index is 978. The number of nitrogens with one attached hydrogen (secondary N) is 2. The predicted molar refractivity (Wildman–Crippen MR) is 127 cm³/mol. The van der Waals surface area contributed by atoms with E-state index in [1.165, 1.54) is 5.56 Å². The summed E-state index contributed by atoms with van der Waals surface area (Å²) in [5.74, 6) is 1.52. The van der Waals surface area contributed by atoms with Crippen LogP contribution in [0.5, 0.6) is 0 Å². The summed E-state index contributed by atoms with van der Waals surface area (Å²) in [4.78, 5) is 21.2. The zero-order valence-electron chi connectivity index (χ0n) is 17.6. The summed E-state index contributed by atoms with van der Waals surface area (Å²) in [5, 5.41) is 3.29. The van der Waals surface area contributed by atoms with Crippen LogP contribution < -0.4 is 11.1 Å². The number of benzene rings is 2. The molecule has 4 N–H and O–H groups in total. The van der Waals surface area contributed by atoms with Crippen molar-refractivity contribution in [1.29, 1.82) is 0 Å². The molecule has 1 heterocycles. The highest BCUT2D eigenvalue weighted by Gasteiger charge is 2.28. The van der Waals surface area contributed by atoms with E-state index in [2.05, 4.69) is 38.4 Å². The van der Waals surface area contributed by atoms with E-state index in [0.717, 1.165) is 53.8 Å². The van der Waals surface area contributed by atoms with Gasteiger partial charge in [-0.25, -0.2) is 4.98 Å². The molecular weight excluding hydrogens is 452 g/mol. The van der Waals surface area contributed by atoms with Crippen LogP contribution in [0.25, 0.3) is 11.3 Å². The largest absolute Gasteiger partial charge is 0.346 e. The summed E-state index contributed by atoms with van der Waals surface area (Å²) in [5.41, 5.74) is 8.89. The molecule has 5 nitrogen and oxygen atoms in total. The van der Waals surface area contributed by atoms with Crippen LogP contribution in [0.15, 0.2) is 65.3 Å². The number of H-pyrrole nitrogens is 1. The molecule has 3 aromatic rings. The summed E-state index contributed by atoms with van der Waals surface area (Å²) in [6.45, 7) is 0.718. The SMILES string of the molecule is NCC1CCC(C(=O)NC(Cc2ccccc2)c2nc(-c3ccc(Br)cc3)c[nH]2)CC1. The van der Waals surface area contributed by atoms with Gasteiger partial charge < -0.3 is 16.0 Å². The van der Waals surface area contributed by atoms with E-state index in [1.54, 1.807) is 0 Å². The van der Waals surface area contributed by atoms with Gasteiger partial charge in [-0.3, -0.25) is 4.79 Å². The molecule has 31 heavy (non-hydrogen) atoms. The third-order valence-corrected chi connectivity index (χ3v) is 6.75. The smallest absolute Gasteiger partial charge is 0.223 e. The molecule has 0 saturated heterocycles. The number of carbonyl (C=O) groups excluding carboxylic acids is 1. The Labute approximate surface area is 192 Å². The van der Waals surface area contributed by atoms with Crippen molar-refractivity contribution >= 4 is 21.8 Å². The van der Waals surface area contributed by atoms with E-state index in [4.69, 9.17) is 10.7 Å². The van der Waals surface area contributed by atoms with Crippen LogP contribution in [0, 0.1) is 11.8 Å². The molecule has 162 valence electrons. The van der Waals surface area contributed by atoms with Crippen LogP contribution in [0.3, 0.4) is 0 Å². The molecule has 0 radical (unpaired) electrons. The first kappa shape index (κ1) is 21.8. The summed E-state index contributed by atoms with van der Waals surface area (Å²) in [7, 11) is 0. The number of carbonyl (C=O) groups is 1. The van der Waals surface area contributed by atoms with Gasteiger partial charge in [-0.15, -0.1) is 0 Å². The first-order valence-electron chi connectivity index (χ1n) is 11.0. The van der Waals surface area contributed by atoms with Crippen molar-refractivity contribution in [3.8, 4) is 11.3 Å². The number of aromatic nitrogens is 2. The van der Waals surface area contributed by atoms with E-state index in [1.807, 2.05) is 48.7 Å². The second-order valence-electron chi connectivity index (χ2n) is 8.38. The Balaban J connectivity index is 1.52. The number of hydrogen-bond acceptors (Lipinski definition) is 3. The number of hydrogen-bond donors (Lipinski definition) is 3. The Kier molecular flexibility index (Phi) is 7.20. The summed E-state index contributed by atoms with van der Waals surface area (Å²) in [6.07, 6.45) is 6.49. The predicted octanol–water partition coefficient (Wildman–Crippen LogP) is 5.00. The Morgan fingerprint density at radius 1 is 1.10 bits per heavy atom. The molecule has 0 spiro atoms. The Hall–Kier alpha value is -2.44. The Morgan fingerprint density at radius 2 is 1.81 bits per heavy atom. The molecule has 1 saturated carbocycles. The van der Waals surface area contributed by atoms with Gasteiger partial charge in [0.1, 0.15) is 5.82 Å². The van der Waals surface area contributed by atoms with Crippen molar-refractivity contribution in [2.24, 2.45) is 17.6 Å². The highest BCUT2D eigenvalue weighted by atomic mass is 79.9. The van der Waals surface area contributed by atoms with Gasteiger partial charge in [0.2, 0.25) is 5.91 Å². The standard InChI is InChI=1S/C25H29BrN4O/c26-21-12-10-19(11-13-21)23-16-28-24(29-23)22(14-17-4-2-1-3-5-17)30-25(31)20-8-6-18(15-27)7-9-20/h1-5,10-13,16,18,20,22H,6-9,14-15,27H2,(H,28,29)(H,30,31). The lowest BCUT2D eigenvalue weighted by Crippen LogP contribution is -2.37. The highest BCUT2D eigenvalue weighted by Crippen LogP contribution is 2.29. The first-order valence-corrected chi connectivity index (χ1v) is 11.8. The van der Waals surface area contributed by atoms with Crippen LogP contribution in [-0.2, 0) is 11.2 Å². The molecule has 1 amide bonds. The van der Waals surface area contributed by atoms with Gasteiger partial charge >= 0.3 is 0 Å². The zero-order chi connectivity index (χ0) is 21.6. The number of halogens is 1. The molecule has 4 rings (SSSR count). The van der Waals surface area contributed by atoms with Crippen LogP contribution in [0.1, 0.15) is 43.1 Å². The molecular formula is C25H29BrN4O. The van der Waals surface area contributed by atoms with Crippen molar-refractivity contribution in [1.82, 2.24) is 15.3 Å². The van der Waals surface area contributed by atoms with Crippen molar-refractivity contribution in [3.05, 3.63) is 76.7 Å².